The van der Waals surface area contributed by atoms with E-state index in [-0.39, 0.29) is 32.1 Å². The molecule has 8 heteroatoms. The molecule has 1 heterocycles. The zero-order valence-electron chi connectivity index (χ0n) is 14.8. The fourth-order valence-corrected chi connectivity index (χ4v) is 2.76. The van der Waals surface area contributed by atoms with Crippen LogP contribution in [0.2, 0.25) is 0 Å². The maximum Gasteiger partial charge on any atom is 0.306 e. The number of non-ortho nitro benzene ring substituents is 1. The van der Waals surface area contributed by atoms with Crippen LogP contribution in [-0.4, -0.2) is 24.8 Å². The van der Waals surface area contributed by atoms with Crippen molar-refractivity contribution in [2.24, 2.45) is 0 Å². The fourth-order valence-electron chi connectivity index (χ4n) is 2.76. The Labute approximate surface area is 155 Å². The lowest BCUT2D eigenvalue weighted by molar-refractivity contribution is -0.385. The number of nitro benzene ring substituents is 1. The number of carbonyl (C=O) groups excluding carboxylic acids is 1. The number of nitrogens with zero attached hydrogens (tertiary/aromatic N) is 1. The molecule has 0 saturated carbocycles. The minimum Gasteiger partial charge on any atom is -0.497 e. The number of fused-ring (bicyclic) bond motifs is 1. The second-order valence-electron chi connectivity index (χ2n) is 5.97. The van der Waals surface area contributed by atoms with Gasteiger partial charge < -0.3 is 18.9 Å². The Morgan fingerprint density at radius 3 is 2.74 bits per heavy atom. The zero-order chi connectivity index (χ0) is 19.2. The van der Waals surface area contributed by atoms with E-state index in [9.17, 15) is 14.9 Å². The van der Waals surface area contributed by atoms with Crippen LogP contribution in [0.25, 0.3) is 0 Å². The van der Waals surface area contributed by atoms with E-state index < -0.39 is 10.9 Å². The normalized spacial score (nSPS) is 12.6. The summed E-state index contributed by atoms with van der Waals surface area (Å²) in [5.41, 5.74) is 1.92. The van der Waals surface area contributed by atoms with Gasteiger partial charge in [0.1, 0.15) is 18.1 Å². The van der Waals surface area contributed by atoms with E-state index in [1.807, 2.05) is 24.3 Å². The van der Waals surface area contributed by atoms with Crippen molar-refractivity contribution in [3.8, 4) is 11.5 Å². The van der Waals surface area contributed by atoms with Gasteiger partial charge in [-0.2, -0.15) is 0 Å². The van der Waals surface area contributed by atoms with E-state index >= 15 is 0 Å². The summed E-state index contributed by atoms with van der Waals surface area (Å²) in [5, 5.41) is 11.1. The molecule has 1 aliphatic heterocycles. The molecular weight excluding hydrogens is 354 g/mol. The molecule has 0 spiro atoms. The molecule has 0 atom stereocenters. The van der Waals surface area contributed by atoms with Crippen molar-refractivity contribution >= 4 is 11.7 Å². The van der Waals surface area contributed by atoms with E-state index in [1.165, 1.54) is 12.1 Å². The number of benzene rings is 2. The number of methoxy groups -OCH3 is 1. The highest BCUT2D eigenvalue weighted by molar-refractivity contribution is 5.70. The van der Waals surface area contributed by atoms with Crippen LogP contribution in [0.15, 0.2) is 36.4 Å². The van der Waals surface area contributed by atoms with Crippen LogP contribution in [0.1, 0.15) is 23.1 Å². The maximum absolute atomic E-state index is 12.1. The number of hydrogen-bond acceptors (Lipinski definition) is 7. The second kappa shape index (κ2) is 8.50. The molecule has 0 radical (unpaired) electrons. The number of nitro groups is 1. The first-order valence-corrected chi connectivity index (χ1v) is 8.36. The van der Waals surface area contributed by atoms with Crippen molar-refractivity contribution in [2.75, 3.05) is 13.9 Å². The summed E-state index contributed by atoms with van der Waals surface area (Å²) in [6, 6.07) is 10.2. The average molecular weight is 373 g/mol. The number of carbonyl (C=O) groups is 1. The summed E-state index contributed by atoms with van der Waals surface area (Å²) in [5.74, 6) is 0.841. The zero-order valence-corrected chi connectivity index (χ0v) is 14.8. The van der Waals surface area contributed by atoms with Gasteiger partial charge in [-0.15, -0.1) is 0 Å². The molecule has 1 aliphatic rings. The maximum atomic E-state index is 12.1. The predicted octanol–water partition coefficient (Wildman–Crippen LogP) is 3.15. The monoisotopic (exact) mass is 373 g/mol. The minimum absolute atomic E-state index is 0.0588. The van der Waals surface area contributed by atoms with Crippen molar-refractivity contribution in [3.63, 3.8) is 0 Å². The summed E-state index contributed by atoms with van der Waals surface area (Å²) in [4.78, 5) is 22.6. The summed E-state index contributed by atoms with van der Waals surface area (Å²) < 4.78 is 21.0. The average Bonchev–Trinajstić information content (AvgIpc) is 2.70. The van der Waals surface area contributed by atoms with E-state index in [0.717, 1.165) is 11.3 Å². The molecule has 0 bridgehead atoms. The van der Waals surface area contributed by atoms with Gasteiger partial charge in [0.25, 0.3) is 5.69 Å². The third-order valence-corrected chi connectivity index (χ3v) is 4.15. The molecule has 27 heavy (non-hydrogen) atoms. The molecule has 2 aromatic carbocycles. The first kappa shape index (κ1) is 18.7. The van der Waals surface area contributed by atoms with Crippen LogP contribution in [0.5, 0.6) is 11.5 Å². The molecule has 0 aromatic heterocycles. The van der Waals surface area contributed by atoms with Gasteiger partial charge in [0.15, 0.2) is 6.79 Å². The Morgan fingerprint density at radius 2 is 2.04 bits per heavy atom. The van der Waals surface area contributed by atoms with Crippen molar-refractivity contribution in [1.82, 2.24) is 0 Å². The molecule has 0 amide bonds. The number of hydrogen-bond donors (Lipinski definition) is 0. The lowest BCUT2D eigenvalue weighted by Crippen LogP contribution is -2.15. The number of ether oxygens (including phenoxy) is 4. The van der Waals surface area contributed by atoms with Crippen LogP contribution in [0, 0.1) is 10.1 Å². The quantitative estimate of drug-likeness (QED) is 0.418. The smallest absolute Gasteiger partial charge is 0.306 e. The third-order valence-electron chi connectivity index (χ3n) is 4.15. The van der Waals surface area contributed by atoms with Crippen LogP contribution < -0.4 is 9.47 Å². The lowest BCUT2D eigenvalue weighted by Gasteiger charge is -2.20. The fraction of sp³-hybridized carbons (Fsp3) is 0.316. The largest absolute Gasteiger partial charge is 0.497 e. The predicted molar refractivity (Wildman–Crippen MR) is 94.5 cm³/mol. The topological polar surface area (TPSA) is 97.1 Å². The molecule has 0 unspecified atom stereocenters. The Morgan fingerprint density at radius 1 is 1.26 bits per heavy atom. The minimum atomic E-state index is -0.496. The van der Waals surface area contributed by atoms with Gasteiger partial charge in [0.2, 0.25) is 0 Å². The Hall–Kier alpha value is -3.13. The third kappa shape index (κ3) is 4.73. The number of esters is 1. The molecule has 3 rings (SSSR count). The Bertz CT molecular complexity index is 833. The Balaban J connectivity index is 1.60. The molecule has 0 fully saturated rings. The first-order valence-electron chi connectivity index (χ1n) is 8.36. The standard InChI is InChI=1S/C19H19NO7/c1-24-17-5-2-13(3-6-17)4-7-18(21)26-11-15-9-16(20(22)23)8-14-10-25-12-27-19(14)15/h2-3,5-6,8-9H,4,7,10-12H2,1H3. The number of aryl methyl sites for hydroxylation is 1. The molecule has 0 saturated heterocycles. The summed E-state index contributed by atoms with van der Waals surface area (Å²) in [6.07, 6.45) is 0.730. The molecule has 2 aromatic rings. The van der Waals surface area contributed by atoms with Crippen molar-refractivity contribution in [3.05, 3.63) is 63.2 Å². The van der Waals surface area contributed by atoms with Crippen LogP contribution in [-0.2, 0) is 33.9 Å². The molecule has 8 nitrogen and oxygen atoms in total. The van der Waals surface area contributed by atoms with Gasteiger partial charge in [0.05, 0.1) is 18.6 Å². The van der Waals surface area contributed by atoms with E-state index in [4.69, 9.17) is 18.9 Å². The van der Waals surface area contributed by atoms with E-state index in [1.54, 1.807) is 7.11 Å². The van der Waals surface area contributed by atoms with Crippen molar-refractivity contribution in [2.45, 2.75) is 26.1 Å². The van der Waals surface area contributed by atoms with Crippen LogP contribution in [0.3, 0.4) is 0 Å². The van der Waals surface area contributed by atoms with E-state index in [0.29, 0.717) is 23.3 Å². The van der Waals surface area contributed by atoms with Gasteiger partial charge in [-0.05, 0) is 24.1 Å². The number of rotatable bonds is 7. The molecule has 0 N–H and O–H groups in total. The van der Waals surface area contributed by atoms with Gasteiger partial charge >= 0.3 is 5.97 Å². The van der Waals surface area contributed by atoms with Gasteiger partial charge in [-0.25, -0.2) is 0 Å². The molecule has 142 valence electrons. The van der Waals surface area contributed by atoms with Crippen molar-refractivity contribution in [1.29, 1.82) is 0 Å². The van der Waals surface area contributed by atoms with E-state index in [2.05, 4.69) is 0 Å². The molecular formula is C19H19NO7. The Kier molecular flexibility index (Phi) is 5.87. The highest BCUT2D eigenvalue weighted by Gasteiger charge is 2.21. The summed E-state index contributed by atoms with van der Waals surface area (Å²) in [7, 11) is 1.59. The second-order valence-corrected chi connectivity index (χ2v) is 5.97. The first-order chi connectivity index (χ1) is 13.1. The summed E-state index contributed by atoms with van der Waals surface area (Å²) in [6.45, 7) is 0.185. The van der Waals surface area contributed by atoms with Gasteiger partial charge in [-0.3, -0.25) is 14.9 Å². The van der Waals surface area contributed by atoms with Crippen LogP contribution >= 0.6 is 0 Å². The molecule has 0 aliphatic carbocycles. The SMILES string of the molecule is COc1ccc(CCC(=O)OCc2cc([N+](=O)[O-])cc3c2OCOC3)cc1. The highest BCUT2D eigenvalue weighted by Crippen LogP contribution is 2.33. The van der Waals surface area contributed by atoms with Crippen LogP contribution in [0.4, 0.5) is 5.69 Å². The highest BCUT2D eigenvalue weighted by atomic mass is 16.7. The lowest BCUT2D eigenvalue weighted by atomic mass is 10.1. The summed E-state index contributed by atoms with van der Waals surface area (Å²) >= 11 is 0. The van der Waals surface area contributed by atoms with Gasteiger partial charge in [0, 0.05) is 29.7 Å². The van der Waals surface area contributed by atoms with Crippen molar-refractivity contribution < 1.29 is 28.7 Å². The van der Waals surface area contributed by atoms with Gasteiger partial charge in [-0.1, -0.05) is 12.1 Å².